The van der Waals surface area contributed by atoms with Crippen LogP contribution in [0.15, 0.2) is 24.3 Å². The fourth-order valence-electron chi connectivity index (χ4n) is 1.72. The highest BCUT2D eigenvalue weighted by Gasteiger charge is 2.32. The summed E-state index contributed by atoms with van der Waals surface area (Å²) < 4.78 is 5.66. The number of rotatable bonds is 1. The Morgan fingerprint density at radius 2 is 2.00 bits per heavy atom. The van der Waals surface area contributed by atoms with E-state index >= 15 is 0 Å². The molecule has 92 valence electrons. The molecule has 1 aromatic carbocycles. The predicted octanol–water partition coefficient (Wildman–Crippen LogP) is 2.90. The monoisotopic (exact) mass is 253 g/mol. The molecule has 17 heavy (non-hydrogen) atoms. The lowest BCUT2D eigenvalue weighted by molar-refractivity contribution is -0.130. The highest BCUT2D eigenvalue weighted by molar-refractivity contribution is 6.30. The number of nitrogens with one attached hydrogen (secondary N) is 1. The second-order valence-electron chi connectivity index (χ2n) is 4.91. The van der Waals surface area contributed by atoms with Gasteiger partial charge in [-0.25, -0.2) is 0 Å². The quantitative estimate of drug-likeness (QED) is 0.836. The predicted molar refractivity (Wildman–Crippen MR) is 66.7 cm³/mol. The summed E-state index contributed by atoms with van der Waals surface area (Å²) in [5.41, 5.74) is 0.543. The van der Waals surface area contributed by atoms with Gasteiger partial charge in [-0.3, -0.25) is 4.79 Å². The van der Waals surface area contributed by atoms with E-state index in [0.717, 1.165) is 12.0 Å². The maximum Gasteiger partial charge on any atom is 0.227 e. The van der Waals surface area contributed by atoms with E-state index in [9.17, 15) is 4.79 Å². The molecule has 1 N–H and O–H groups in total. The molecule has 1 unspecified atom stereocenters. The Kier molecular flexibility index (Phi) is 3.40. The fourth-order valence-corrected chi connectivity index (χ4v) is 1.84. The fraction of sp³-hybridized carbons (Fsp3) is 0.462. The lowest BCUT2D eigenvalue weighted by Crippen LogP contribution is -2.36. The Hall–Kier alpha value is -1.06. The van der Waals surface area contributed by atoms with Gasteiger partial charge < -0.3 is 10.1 Å². The Bertz CT molecular complexity index is 414. The van der Waals surface area contributed by atoms with Crippen molar-refractivity contribution in [2.24, 2.45) is 5.41 Å². The second kappa shape index (κ2) is 4.67. The van der Waals surface area contributed by atoms with Gasteiger partial charge in [0.25, 0.3) is 0 Å². The van der Waals surface area contributed by atoms with Crippen LogP contribution in [0.4, 0.5) is 0 Å². The Morgan fingerprint density at radius 1 is 1.35 bits per heavy atom. The highest BCUT2D eigenvalue weighted by Crippen LogP contribution is 2.28. The van der Waals surface area contributed by atoms with Crippen molar-refractivity contribution in [3.63, 3.8) is 0 Å². The zero-order valence-electron chi connectivity index (χ0n) is 10.00. The highest BCUT2D eigenvalue weighted by atomic mass is 35.5. The molecule has 3 nitrogen and oxygen atoms in total. The minimum Gasteiger partial charge on any atom is -0.354 e. The van der Waals surface area contributed by atoms with E-state index in [1.807, 2.05) is 26.0 Å². The number of amides is 1. The van der Waals surface area contributed by atoms with Gasteiger partial charge in [-0.05, 0) is 18.6 Å². The van der Waals surface area contributed by atoms with E-state index in [1.165, 1.54) is 0 Å². The maximum atomic E-state index is 12.0. The van der Waals surface area contributed by atoms with Crippen LogP contribution < -0.4 is 5.32 Å². The van der Waals surface area contributed by atoms with Crippen molar-refractivity contribution in [2.45, 2.75) is 26.5 Å². The molecule has 0 aliphatic carbocycles. The minimum atomic E-state index is -0.374. The van der Waals surface area contributed by atoms with Crippen LogP contribution in [0.2, 0.25) is 5.02 Å². The first-order valence-corrected chi connectivity index (χ1v) is 6.05. The van der Waals surface area contributed by atoms with Gasteiger partial charge in [0.15, 0.2) is 6.23 Å². The summed E-state index contributed by atoms with van der Waals surface area (Å²) in [6.07, 6.45) is 0.352. The van der Waals surface area contributed by atoms with E-state index in [4.69, 9.17) is 16.3 Å². The Morgan fingerprint density at radius 3 is 2.65 bits per heavy atom. The molecule has 0 spiro atoms. The molecule has 1 heterocycles. The molecule has 1 saturated heterocycles. The van der Waals surface area contributed by atoms with Gasteiger partial charge in [0.05, 0.1) is 6.61 Å². The van der Waals surface area contributed by atoms with Crippen molar-refractivity contribution < 1.29 is 9.53 Å². The standard InChI is InChI=1S/C13H16ClNO2/c1-13(2)7-8-17-11(15-12(13)16)9-3-5-10(14)6-4-9/h3-6,11H,7-8H2,1-2H3,(H,15,16). The zero-order valence-corrected chi connectivity index (χ0v) is 10.8. The third-order valence-corrected chi connectivity index (χ3v) is 3.31. The van der Waals surface area contributed by atoms with E-state index in [0.29, 0.717) is 11.6 Å². The second-order valence-corrected chi connectivity index (χ2v) is 5.35. The van der Waals surface area contributed by atoms with Crippen molar-refractivity contribution in [3.05, 3.63) is 34.9 Å². The molecule has 1 aromatic rings. The molecule has 1 aliphatic heterocycles. The summed E-state index contributed by atoms with van der Waals surface area (Å²) in [7, 11) is 0. The van der Waals surface area contributed by atoms with Crippen molar-refractivity contribution in [1.82, 2.24) is 5.32 Å². The van der Waals surface area contributed by atoms with E-state index in [1.54, 1.807) is 12.1 Å². The van der Waals surface area contributed by atoms with Crippen LogP contribution in [0.3, 0.4) is 0 Å². The number of carbonyl (C=O) groups is 1. The summed E-state index contributed by atoms with van der Waals surface area (Å²) in [5.74, 6) is 0.0231. The van der Waals surface area contributed by atoms with Crippen LogP contribution in [0.5, 0.6) is 0 Å². The average Bonchev–Trinajstić information content (AvgIpc) is 2.40. The van der Waals surface area contributed by atoms with E-state index < -0.39 is 0 Å². The zero-order chi connectivity index (χ0) is 12.5. The van der Waals surface area contributed by atoms with Crippen LogP contribution in [0.1, 0.15) is 32.1 Å². The summed E-state index contributed by atoms with van der Waals surface area (Å²) in [6.45, 7) is 4.42. The summed E-state index contributed by atoms with van der Waals surface area (Å²) in [4.78, 5) is 12.0. The summed E-state index contributed by atoms with van der Waals surface area (Å²) in [5, 5.41) is 3.58. The summed E-state index contributed by atoms with van der Waals surface area (Å²) in [6, 6.07) is 7.32. The molecular weight excluding hydrogens is 238 g/mol. The van der Waals surface area contributed by atoms with Gasteiger partial charge in [0, 0.05) is 16.0 Å². The normalized spacial score (nSPS) is 23.9. The number of hydrogen-bond acceptors (Lipinski definition) is 2. The molecule has 0 radical (unpaired) electrons. The third-order valence-electron chi connectivity index (χ3n) is 3.06. The molecule has 2 rings (SSSR count). The molecule has 0 saturated carbocycles. The van der Waals surface area contributed by atoms with Gasteiger partial charge in [-0.2, -0.15) is 0 Å². The van der Waals surface area contributed by atoms with E-state index in [2.05, 4.69) is 5.32 Å². The SMILES string of the molecule is CC1(C)CCOC(c2ccc(Cl)cc2)NC1=O. The minimum absolute atomic E-state index is 0.0231. The average molecular weight is 254 g/mol. The summed E-state index contributed by atoms with van der Waals surface area (Å²) >= 11 is 5.83. The van der Waals surface area contributed by atoms with Crippen LogP contribution in [-0.4, -0.2) is 12.5 Å². The van der Waals surface area contributed by atoms with E-state index in [-0.39, 0.29) is 17.6 Å². The van der Waals surface area contributed by atoms with Crippen molar-refractivity contribution in [2.75, 3.05) is 6.61 Å². The first-order valence-electron chi connectivity index (χ1n) is 5.67. The first kappa shape index (κ1) is 12.4. The van der Waals surface area contributed by atoms with Gasteiger partial charge in [-0.1, -0.05) is 37.6 Å². The number of ether oxygens (including phenoxy) is 1. The lowest BCUT2D eigenvalue weighted by atomic mass is 9.89. The van der Waals surface area contributed by atoms with Crippen molar-refractivity contribution in [1.29, 1.82) is 0 Å². The molecule has 0 aromatic heterocycles. The smallest absolute Gasteiger partial charge is 0.227 e. The lowest BCUT2D eigenvalue weighted by Gasteiger charge is -2.20. The molecule has 4 heteroatoms. The van der Waals surface area contributed by atoms with Gasteiger partial charge in [-0.15, -0.1) is 0 Å². The van der Waals surface area contributed by atoms with Crippen molar-refractivity contribution in [3.8, 4) is 0 Å². The number of hydrogen-bond donors (Lipinski definition) is 1. The largest absolute Gasteiger partial charge is 0.354 e. The van der Waals surface area contributed by atoms with Gasteiger partial charge in [0.2, 0.25) is 5.91 Å². The molecular formula is C13H16ClNO2. The topological polar surface area (TPSA) is 38.3 Å². The van der Waals surface area contributed by atoms with Crippen LogP contribution in [0, 0.1) is 5.41 Å². The molecule has 1 aliphatic rings. The first-order chi connectivity index (χ1) is 7.99. The van der Waals surface area contributed by atoms with Crippen molar-refractivity contribution >= 4 is 17.5 Å². The number of halogens is 1. The molecule has 1 amide bonds. The van der Waals surface area contributed by atoms with Crippen LogP contribution >= 0.6 is 11.6 Å². The Balaban J connectivity index is 2.18. The maximum absolute atomic E-state index is 12.0. The Labute approximate surface area is 106 Å². The molecule has 0 bridgehead atoms. The van der Waals surface area contributed by atoms with Crippen LogP contribution in [0.25, 0.3) is 0 Å². The number of carbonyl (C=O) groups excluding carboxylic acids is 1. The van der Waals surface area contributed by atoms with Gasteiger partial charge in [0.1, 0.15) is 0 Å². The molecule has 1 atom stereocenters. The van der Waals surface area contributed by atoms with Gasteiger partial charge >= 0.3 is 0 Å². The van der Waals surface area contributed by atoms with Crippen LogP contribution in [-0.2, 0) is 9.53 Å². The molecule has 1 fully saturated rings. The number of benzene rings is 1. The third kappa shape index (κ3) is 2.79.